The third-order valence-electron chi connectivity index (χ3n) is 18.3. The van der Waals surface area contributed by atoms with Crippen LogP contribution in [0, 0.1) is 99.6 Å². The third kappa shape index (κ3) is 16.6. The molecule has 20 heteroatoms. The van der Waals surface area contributed by atoms with E-state index in [1.165, 1.54) is 66.1 Å². The summed E-state index contributed by atoms with van der Waals surface area (Å²) in [5.41, 5.74) is 22.5. The molecule has 10 aromatic heterocycles. The van der Waals surface area contributed by atoms with Crippen LogP contribution in [0.25, 0.3) is 161 Å². The van der Waals surface area contributed by atoms with Crippen molar-refractivity contribution in [1.82, 2.24) is 49.8 Å². The normalized spacial score (nSPS) is 10.8. The van der Waals surface area contributed by atoms with Crippen LogP contribution in [-0.4, -0.2) is 49.8 Å². The van der Waals surface area contributed by atoms with E-state index in [1.54, 1.807) is 47.5 Å². The topological polar surface area (TPSA) is 155 Å². The SMILES string of the molecule is Cc1cnc(-c2[c-]cc3oc4ccccc4c3c2)c(C)n1.Cc1cnc(-c2[c-]cc3sc4ccccc4c3c2)c(C)n1.Cc1cnc(-c2[c-]ccc3c2oc2ccccc23)c(C)n1.Cc1cnc(-c2[c-]ccc3c2sc2c(C)cccc23)c(C)n1.Cc1nccnc1-c1[c-]ccc2c1sc1ccccc12.[Ir].[Ir].[Ir].[Ir].[Pt]. The van der Waals surface area contributed by atoms with Crippen LogP contribution in [0.3, 0.4) is 0 Å². The van der Waals surface area contributed by atoms with Gasteiger partial charge in [0.25, 0.3) is 0 Å². The van der Waals surface area contributed by atoms with E-state index >= 15 is 0 Å². The number of aromatic nitrogens is 10. The summed E-state index contributed by atoms with van der Waals surface area (Å²) in [4.78, 5) is 45.0. The summed E-state index contributed by atoms with van der Waals surface area (Å²) < 4.78 is 19.5. The summed E-state index contributed by atoms with van der Waals surface area (Å²) in [6.45, 7) is 19.9. The van der Waals surface area contributed by atoms with Crippen LogP contribution in [0.2, 0.25) is 0 Å². The number of nitrogens with zero attached hydrogens (tertiary/aromatic N) is 10. The number of fused-ring (bicyclic) bond motifs is 15. The average molecular weight is 2380 g/mol. The zero-order chi connectivity index (χ0) is 72.0. The predicted octanol–water partition coefficient (Wildman–Crippen LogP) is 23.7. The Hall–Kier alpha value is -8.85. The number of rotatable bonds is 5. The van der Waals surface area contributed by atoms with Crippen LogP contribution >= 0.6 is 34.0 Å². The zero-order valence-corrected chi connectivity index (χ0v) is 75.2. The van der Waals surface area contributed by atoms with Crippen molar-refractivity contribution in [3.05, 3.63) is 300 Å². The molecular weight excluding hydrogens is 2310 g/mol. The van der Waals surface area contributed by atoms with Gasteiger partial charge in [0.1, 0.15) is 11.2 Å². The molecule has 0 unspecified atom stereocenters. The minimum atomic E-state index is 0. The minimum Gasteiger partial charge on any atom is -0.501 e. The van der Waals surface area contributed by atoms with Crippen molar-refractivity contribution in [2.45, 2.75) is 69.2 Å². The summed E-state index contributed by atoms with van der Waals surface area (Å²) in [5.74, 6) is 0. The molecule has 0 aliphatic carbocycles. The fourth-order valence-corrected chi connectivity index (χ4v) is 17.0. The Kier molecular flexibility index (Phi) is 26.6. The molecule has 4 radical (unpaired) electrons. The minimum absolute atomic E-state index is 0. The second-order valence-electron chi connectivity index (χ2n) is 25.8. The van der Waals surface area contributed by atoms with Crippen LogP contribution in [-0.2, 0) is 101 Å². The molecule has 110 heavy (non-hydrogen) atoms. The largest absolute Gasteiger partial charge is 0.501 e. The maximum absolute atomic E-state index is 6.02. The van der Waals surface area contributed by atoms with E-state index in [2.05, 4.69) is 196 Å². The molecule has 0 amide bonds. The van der Waals surface area contributed by atoms with Gasteiger partial charge in [-0.2, -0.15) is 34.0 Å². The molecule has 0 N–H and O–H groups in total. The summed E-state index contributed by atoms with van der Waals surface area (Å²) in [5, 5.41) is 12.1. The Bertz CT molecular complexity index is 6580. The van der Waals surface area contributed by atoms with E-state index in [9.17, 15) is 0 Å². The molecule has 0 aliphatic heterocycles. The molecule has 10 heterocycles. The van der Waals surface area contributed by atoms with Crippen LogP contribution in [0.15, 0.2) is 222 Å². The summed E-state index contributed by atoms with van der Waals surface area (Å²) in [6.07, 6.45) is 10.7. The molecule has 20 aromatic rings. The summed E-state index contributed by atoms with van der Waals surface area (Å²) in [6, 6.07) is 76.5. The van der Waals surface area contributed by atoms with Crippen molar-refractivity contribution < 1.29 is 110 Å². The van der Waals surface area contributed by atoms with E-state index < -0.39 is 0 Å². The molecule has 0 spiro atoms. The molecule has 20 rings (SSSR count). The van der Waals surface area contributed by atoms with E-state index in [-0.39, 0.29) is 101 Å². The Morgan fingerprint density at radius 1 is 0.300 bits per heavy atom. The van der Waals surface area contributed by atoms with Gasteiger partial charge in [0.05, 0.1) is 33.9 Å². The zero-order valence-electron chi connectivity index (χ0n) is 60.9. The number of furan rings is 2. The number of benzene rings is 10. The number of thiophene rings is 3. The van der Waals surface area contributed by atoms with Crippen LogP contribution in [0.4, 0.5) is 0 Å². The monoisotopic (exact) mass is 2380 g/mol. The molecule has 0 fully saturated rings. The Morgan fingerprint density at radius 3 is 1.29 bits per heavy atom. The first kappa shape index (κ1) is 82.1. The molecule has 0 atom stereocenters. The van der Waals surface area contributed by atoms with Crippen LogP contribution in [0.5, 0.6) is 0 Å². The van der Waals surface area contributed by atoms with Gasteiger partial charge in [-0.3, -0.25) is 24.9 Å². The number of hydrogen-bond acceptors (Lipinski definition) is 15. The van der Waals surface area contributed by atoms with Gasteiger partial charge >= 0.3 is 0 Å². The first-order valence-electron chi connectivity index (χ1n) is 34.3. The molecule has 10 aromatic carbocycles. The van der Waals surface area contributed by atoms with E-state index in [4.69, 9.17) is 8.83 Å². The second-order valence-corrected chi connectivity index (χ2v) is 28.9. The van der Waals surface area contributed by atoms with Gasteiger partial charge in [0.2, 0.25) is 0 Å². The van der Waals surface area contributed by atoms with Crippen molar-refractivity contribution in [2.75, 3.05) is 0 Å². The van der Waals surface area contributed by atoms with Crippen molar-refractivity contribution in [3.8, 4) is 56.3 Å². The average Bonchev–Trinajstić information content (AvgIpc) is 1.62. The van der Waals surface area contributed by atoms with Gasteiger partial charge in [-0.1, -0.05) is 123 Å². The summed E-state index contributed by atoms with van der Waals surface area (Å²) in [7, 11) is 0. The molecule has 12 nitrogen and oxygen atoms in total. The number of aryl methyl sites for hydroxylation is 10. The van der Waals surface area contributed by atoms with Crippen molar-refractivity contribution in [1.29, 1.82) is 0 Å². The molecule has 0 aliphatic rings. The van der Waals surface area contributed by atoms with Gasteiger partial charge in [0.15, 0.2) is 0 Å². The van der Waals surface area contributed by atoms with Crippen molar-refractivity contribution >= 4 is 138 Å². The third-order valence-corrected chi connectivity index (χ3v) is 22.0. The summed E-state index contributed by atoms with van der Waals surface area (Å²) >= 11 is 5.42. The molecule has 0 bridgehead atoms. The van der Waals surface area contributed by atoms with Gasteiger partial charge in [-0.25, -0.2) is 0 Å². The van der Waals surface area contributed by atoms with Gasteiger partial charge in [-0.05, 0) is 129 Å². The van der Waals surface area contributed by atoms with Gasteiger partial charge in [0, 0.05) is 220 Å². The molecule has 0 saturated heterocycles. The fraction of sp³-hybridized carbons (Fsp3) is 0.111. The number of hydrogen-bond donors (Lipinski definition) is 0. The Morgan fingerprint density at radius 2 is 0.718 bits per heavy atom. The smallest absolute Gasteiger partial charge is 0.120 e. The first-order valence-corrected chi connectivity index (χ1v) is 36.8. The molecule has 0 saturated carbocycles. The number of para-hydroxylation sites is 2. The quantitative estimate of drug-likeness (QED) is 0.151. The standard InChI is InChI=1S/C19H15N2S.2C18H13N2O.C18H13N2S.C17H11N2S.4Ir.Pt/c1-11-6-4-7-14-15-8-5-9-16(19(15)22-18(11)14)17-13(3)21-12(2)10-20-17;1-11-10-19-17(12(2)20-11)15-8-5-7-14-13-6-3-4-9-16(13)21-18(14)15;2*1-11-10-19-18(12(2)20-11)13-7-8-17-15(9-13)14-5-3-4-6-16(14)21-17;1-11-16(19-10-9-18-11)14-7-4-6-13-12-5-2-3-8-15(12)20-17(13)14;;;;;/h4-8,10H,1-3H3;3-7,9-10H,1-2H3;2*3-6,8-10H,1-2H3;2-6,8-10H,1H3;;;;;/q5*-1;;;;;. The second kappa shape index (κ2) is 35.7. The van der Waals surface area contributed by atoms with E-state index in [1.807, 2.05) is 153 Å². The van der Waals surface area contributed by atoms with E-state index in [0.29, 0.717) is 0 Å². The van der Waals surface area contributed by atoms with Crippen molar-refractivity contribution in [3.63, 3.8) is 0 Å². The maximum Gasteiger partial charge on any atom is 0.120 e. The Labute approximate surface area is 716 Å². The predicted molar refractivity (Wildman–Crippen MR) is 432 cm³/mol. The fourth-order valence-electron chi connectivity index (χ4n) is 13.5. The van der Waals surface area contributed by atoms with Gasteiger partial charge < -0.3 is 33.8 Å². The van der Waals surface area contributed by atoms with Gasteiger partial charge in [-0.15, -0.1) is 113 Å². The van der Waals surface area contributed by atoms with Crippen LogP contribution in [0.1, 0.15) is 56.8 Å². The maximum atomic E-state index is 6.02. The molecule has 556 valence electrons. The van der Waals surface area contributed by atoms with Crippen molar-refractivity contribution in [2.24, 2.45) is 0 Å². The first-order chi connectivity index (χ1) is 51.2. The molecular formula is C90H65Ir4N10O2PtS3-5. The Balaban J connectivity index is 0.000000135. The van der Waals surface area contributed by atoms with Crippen LogP contribution < -0.4 is 0 Å². The van der Waals surface area contributed by atoms with E-state index in [0.717, 1.165) is 151 Å².